The third kappa shape index (κ3) is 5.10. The zero-order valence-corrected chi connectivity index (χ0v) is 18.3. The largest absolute Gasteiger partial charge is 0.356 e. The van der Waals surface area contributed by atoms with Crippen molar-refractivity contribution in [2.24, 2.45) is 5.92 Å². The number of aromatic nitrogens is 2. The molecule has 0 radical (unpaired) electrons. The molecular formula is C22H29N5O4. The maximum Gasteiger partial charge on any atom is 0.312 e. The van der Waals surface area contributed by atoms with Gasteiger partial charge in [-0.1, -0.05) is 19.1 Å². The van der Waals surface area contributed by atoms with Crippen LogP contribution in [0.4, 0.5) is 5.69 Å². The summed E-state index contributed by atoms with van der Waals surface area (Å²) in [6, 6.07) is 7.25. The number of likely N-dealkylation sites (tertiary alicyclic amines) is 1. The molecule has 1 N–H and O–H groups in total. The fraction of sp³-hybridized carbons (Fsp3) is 0.500. The second kappa shape index (κ2) is 9.72. The van der Waals surface area contributed by atoms with Crippen molar-refractivity contribution in [2.45, 2.75) is 46.6 Å². The van der Waals surface area contributed by atoms with Crippen LogP contribution in [0.5, 0.6) is 0 Å². The van der Waals surface area contributed by atoms with Crippen LogP contribution < -0.4 is 5.32 Å². The molecule has 31 heavy (non-hydrogen) atoms. The SMILES string of the molecule is CCCNC(=O)C1CCN(C(=O)c2ccc(Cn3nc(C)c([N+](=O)[O-])c3C)cc2)CC1. The van der Waals surface area contributed by atoms with Gasteiger partial charge in [0.05, 0.1) is 11.5 Å². The number of nitrogens with one attached hydrogen (secondary N) is 1. The highest BCUT2D eigenvalue weighted by Crippen LogP contribution is 2.23. The first-order valence-electron chi connectivity index (χ1n) is 10.7. The van der Waals surface area contributed by atoms with Crippen molar-refractivity contribution in [2.75, 3.05) is 19.6 Å². The van der Waals surface area contributed by atoms with Crippen LogP contribution in [-0.4, -0.2) is 51.1 Å². The number of aryl methyl sites for hydroxylation is 1. The summed E-state index contributed by atoms with van der Waals surface area (Å²) in [5.74, 6) is 0.0196. The lowest BCUT2D eigenvalue weighted by molar-refractivity contribution is -0.386. The molecule has 1 aliphatic rings. The summed E-state index contributed by atoms with van der Waals surface area (Å²) in [5, 5.41) is 18.4. The molecule has 3 rings (SSSR count). The van der Waals surface area contributed by atoms with Crippen LogP contribution in [-0.2, 0) is 11.3 Å². The van der Waals surface area contributed by atoms with E-state index < -0.39 is 4.92 Å². The Kier molecular flexibility index (Phi) is 7.04. The highest BCUT2D eigenvalue weighted by atomic mass is 16.6. The Bertz CT molecular complexity index is 959. The Morgan fingerprint density at radius 2 is 1.84 bits per heavy atom. The summed E-state index contributed by atoms with van der Waals surface area (Å²) in [5.41, 5.74) is 2.44. The molecular weight excluding hydrogens is 398 g/mol. The standard InChI is InChI=1S/C22H29N5O4/c1-4-11-23-21(28)18-9-12-25(13-10-18)22(29)19-7-5-17(6-8-19)14-26-16(3)20(27(30)31)15(2)24-26/h5-8,18H,4,9-14H2,1-3H3,(H,23,28). The first-order valence-corrected chi connectivity index (χ1v) is 10.7. The number of carbonyl (C=O) groups is 2. The number of benzene rings is 1. The summed E-state index contributed by atoms with van der Waals surface area (Å²) in [6.45, 7) is 7.55. The third-order valence-electron chi connectivity index (χ3n) is 5.76. The second-order valence-electron chi connectivity index (χ2n) is 7.99. The van der Waals surface area contributed by atoms with Crippen molar-refractivity contribution < 1.29 is 14.5 Å². The topological polar surface area (TPSA) is 110 Å². The predicted molar refractivity (Wildman–Crippen MR) is 116 cm³/mol. The number of piperidine rings is 1. The van der Waals surface area contributed by atoms with Crippen LogP contribution in [0.1, 0.15) is 53.5 Å². The molecule has 1 aromatic heterocycles. The summed E-state index contributed by atoms with van der Waals surface area (Å²) in [6.07, 6.45) is 2.27. The Hall–Kier alpha value is -3.23. The zero-order chi connectivity index (χ0) is 22.5. The average molecular weight is 428 g/mol. The number of rotatable bonds is 7. The fourth-order valence-electron chi connectivity index (χ4n) is 3.95. The lowest BCUT2D eigenvalue weighted by Crippen LogP contribution is -2.43. The van der Waals surface area contributed by atoms with E-state index in [1.54, 1.807) is 35.6 Å². The van der Waals surface area contributed by atoms with Crippen LogP contribution in [0.25, 0.3) is 0 Å². The molecule has 9 heteroatoms. The van der Waals surface area contributed by atoms with Crippen molar-refractivity contribution in [3.63, 3.8) is 0 Å². The normalized spacial score (nSPS) is 14.5. The molecule has 0 saturated carbocycles. The van der Waals surface area contributed by atoms with Crippen molar-refractivity contribution in [1.82, 2.24) is 20.0 Å². The van der Waals surface area contributed by atoms with Gasteiger partial charge < -0.3 is 10.2 Å². The van der Waals surface area contributed by atoms with Gasteiger partial charge in [0.15, 0.2) is 0 Å². The quantitative estimate of drug-likeness (QED) is 0.540. The van der Waals surface area contributed by atoms with E-state index in [0.717, 1.165) is 12.0 Å². The summed E-state index contributed by atoms with van der Waals surface area (Å²) in [4.78, 5) is 37.5. The van der Waals surface area contributed by atoms with Gasteiger partial charge in [0, 0.05) is 31.1 Å². The minimum atomic E-state index is -0.410. The maximum absolute atomic E-state index is 12.8. The van der Waals surface area contributed by atoms with Gasteiger partial charge in [-0.2, -0.15) is 5.10 Å². The van der Waals surface area contributed by atoms with E-state index in [9.17, 15) is 19.7 Å². The first-order chi connectivity index (χ1) is 14.8. The maximum atomic E-state index is 12.8. The Morgan fingerprint density at radius 1 is 1.19 bits per heavy atom. The van der Waals surface area contributed by atoms with Crippen LogP contribution in [0.2, 0.25) is 0 Å². The number of carbonyl (C=O) groups excluding carboxylic acids is 2. The summed E-state index contributed by atoms with van der Waals surface area (Å²) in [7, 11) is 0. The van der Waals surface area contributed by atoms with Crippen LogP contribution >= 0.6 is 0 Å². The Balaban J connectivity index is 1.59. The number of amides is 2. The molecule has 2 heterocycles. The minimum Gasteiger partial charge on any atom is -0.356 e. The minimum absolute atomic E-state index is 0.0252. The molecule has 1 aliphatic heterocycles. The van der Waals surface area contributed by atoms with Crippen molar-refractivity contribution >= 4 is 17.5 Å². The molecule has 0 bridgehead atoms. The van der Waals surface area contributed by atoms with E-state index in [2.05, 4.69) is 10.4 Å². The molecule has 1 saturated heterocycles. The molecule has 0 atom stereocenters. The second-order valence-corrected chi connectivity index (χ2v) is 7.99. The van der Waals surface area contributed by atoms with Gasteiger partial charge in [-0.25, -0.2) is 0 Å². The molecule has 9 nitrogen and oxygen atoms in total. The average Bonchev–Trinajstić information content (AvgIpc) is 3.05. The highest BCUT2D eigenvalue weighted by molar-refractivity contribution is 5.94. The van der Waals surface area contributed by atoms with Crippen LogP contribution in [0.15, 0.2) is 24.3 Å². The van der Waals surface area contributed by atoms with E-state index in [1.807, 2.05) is 19.1 Å². The Morgan fingerprint density at radius 3 is 2.39 bits per heavy atom. The molecule has 1 aromatic carbocycles. The Labute approximate surface area is 181 Å². The van der Waals surface area contributed by atoms with Gasteiger partial charge >= 0.3 is 5.69 Å². The summed E-state index contributed by atoms with van der Waals surface area (Å²) < 4.78 is 1.61. The zero-order valence-electron chi connectivity index (χ0n) is 18.3. The molecule has 0 unspecified atom stereocenters. The van der Waals surface area contributed by atoms with E-state index >= 15 is 0 Å². The van der Waals surface area contributed by atoms with E-state index in [0.29, 0.717) is 56.0 Å². The van der Waals surface area contributed by atoms with Crippen LogP contribution in [0, 0.1) is 29.9 Å². The smallest absolute Gasteiger partial charge is 0.312 e. The van der Waals surface area contributed by atoms with Gasteiger partial charge in [0.1, 0.15) is 11.4 Å². The highest BCUT2D eigenvalue weighted by Gasteiger charge is 2.27. The fourth-order valence-corrected chi connectivity index (χ4v) is 3.95. The van der Waals surface area contributed by atoms with Crippen molar-refractivity contribution in [3.8, 4) is 0 Å². The lowest BCUT2D eigenvalue weighted by atomic mass is 9.95. The molecule has 0 aliphatic carbocycles. The molecule has 2 aromatic rings. The number of nitro groups is 1. The summed E-state index contributed by atoms with van der Waals surface area (Å²) >= 11 is 0. The monoisotopic (exact) mass is 427 g/mol. The molecule has 1 fully saturated rings. The van der Waals surface area contributed by atoms with Gasteiger partial charge in [-0.05, 0) is 50.8 Å². The van der Waals surface area contributed by atoms with Crippen molar-refractivity contribution in [1.29, 1.82) is 0 Å². The number of hydrogen-bond donors (Lipinski definition) is 1. The first kappa shape index (κ1) is 22.5. The van der Waals surface area contributed by atoms with Gasteiger partial charge in [0.25, 0.3) is 5.91 Å². The van der Waals surface area contributed by atoms with Crippen molar-refractivity contribution in [3.05, 3.63) is 56.9 Å². The van der Waals surface area contributed by atoms with Gasteiger partial charge in [-0.3, -0.25) is 24.4 Å². The van der Waals surface area contributed by atoms with E-state index in [-0.39, 0.29) is 23.4 Å². The molecule has 166 valence electrons. The van der Waals surface area contributed by atoms with Gasteiger partial charge in [0.2, 0.25) is 5.91 Å². The van der Waals surface area contributed by atoms with E-state index in [4.69, 9.17) is 0 Å². The van der Waals surface area contributed by atoms with E-state index in [1.165, 1.54) is 0 Å². The lowest BCUT2D eigenvalue weighted by Gasteiger charge is -2.31. The third-order valence-corrected chi connectivity index (χ3v) is 5.76. The van der Waals surface area contributed by atoms with Gasteiger partial charge in [-0.15, -0.1) is 0 Å². The number of hydrogen-bond acceptors (Lipinski definition) is 5. The van der Waals surface area contributed by atoms with Crippen LogP contribution in [0.3, 0.4) is 0 Å². The molecule has 0 spiro atoms. The molecule has 2 amide bonds. The predicted octanol–water partition coefficient (Wildman–Crippen LogP) is 2.83. The number of nitrogens with zero attached hydrogens (tertiary/aromatic N) is 4.